The van der Waals surface area contributed by atoms with Crippen molar-refractivity contribution >= 4 is 23.4 Å². The number of halogens is 1. The zero-order chi connectivity index (χ0) is 19.8. The average molecular weight is 381 g/mol. The fourth-order valence-electron chi connectivity index (χ4n) is 3.81. The smallest absolute Gasteiger partial charge is 0.262 e. The normalized spacial score (nSPS) is 17.7. The molecule has 7 heteroatoms. The van der Waals surface area contributed by atoms with Gasteiger partial charge in [0.25, 0.3) is 11.8 Å². The molecule has 0 bridgehead atoms. The van der Waals surface area contributed by atoms with Gasteiger partial charge in [-0.2, -0.15) is 0 Å². The van der Waals surface area contributed by atoms with Gasteiger partial charge in [0.2, 0.25) is 5.91 Å². The van der Waals surface area contributed by atoms with E-state index >= 15 is 0 Å². The number of benzene rings is 2. The Morgan fingerprint density at radius 2 is 1.43 bits per heavy atom. The maximum Gasteiger partial charge on any atom is 0.262 e. The van der Waals surface area contributed by atoms with Crippen LogP contribution in [0.4, 0.5) is 10.1 Å². The van der Waals surface area contributed by atoms with Gasteiger partial charge in [0, 0.05) is 26.2 Å². The van der Waals surface area contributed by atoms with Crippen LogP contribution in [0.15, 0.2) is 48.5 Å². The second-order valence-corrected chi connectivity index (χ2v) is 6.97. The number of rotatable bonds is 3. The van der Waals surface area contributed by atoms with Crippen molar-refractivity contribution in [1.82, 2.24) is 9.80 Å². The van der Waals surface area contributed by atoms with E-state index in [1.807, 2.05) is 4.90 Å². The van der Waals surface area contributed by atoms with Gasteiger partial charge >= 0.3 is 0 Å². The second kappa shape index (κ2) is 7.07. The first-order valence-corrected chi connectivity index (χ1v) is 9.24. The van der Waals surface area contributed by atoms with Gasteiger partial charge in [0.05, 0.1) is 16.8 Å². The van der Waals surface area contributed by atoms with Crippen LogP contribution >= 0.6 is 0 Å². The summed E-state index contributed by atoms with van der Waals surface area (Å²) in [5.74, 6) is -1.44. The second-order valence-electron chi connectivity index (χ2n) is 6.97. The SMILES string of the molecule is C[C@H](C(=O)N1CCN(c2ccccc2F)CC1)N1C(=O)c2ccccc2C1=O. The summed E-state index contributed by atoms with van der Waals surface area (Å²) in [4.78, 5) is 42.7. The van der Waals surface area contributed by atoms with Crippen molar-refractivity contribution in [2.75, 3.05) is 31.1 Å². The molecule has 0 aliphatic carbocycles. The van der Waals surface area contributed by atoms with E-state index in [0.29, 0.717) is 43.0 Å². The summed E-state index contributed by atoms with van der Waals surface area (Å²) in [5.41, 5.74) is 1.18. The first-order chi connectivity index (χ1) is 13.5. The van der Waals surface area contributed by atoms with Crippen molar-refractivity contribution < 1.29 is 18.8 Å². The fourth-order valence-corrected chi connectivity index (χ4v) is 3.81. The number of carbonyl (C=O) groups is 3. The van der Waals surface area contributed by atoms with Crippen molar-refractivity contribution in [2.45, 2.75) is 13.0 Å². The summed E-state index contributed by atoms with van der Waals surface area (Å²) >= 11 is 0. The van der Waals surface area contributed by atoms with Gasteiger partial charge in [-0.15, -0.1) is 0 Å². The van der Waals surface area contributed by atoms with Crippen LogP contribution < -0.4 is 4.90 Å². The Morgan fingerprint density at radius 3 is 2.00 bits per heavy atom. The van der Waals surface area contributed by atoms with Gasteiger partial charge < -0.3 is 9.80 Å². The quantitative estimate of drug-likeness (QED) is 0.765. The number of hydrogen-bond donors (Lipinski definition) is 0. The minimum Gasteiger partial charge on any atom is -0.366 e. The highest BCUT2D eigenvalue weighted by Gasteiger charge is 2.42. The molecule has 2 aromatic carbocycles. The molecular formula is C21H20FN3O3. The van der Waals surface area contributed by atoms with E-state index in [4.69, 9.17) is 0 Å². The molecule has 4 rings (SSSR count). The van der Waals surface area contributed by atoms with Crippen LogP contribution in [0, 0.1) is 5.82 Å². The standard InChI is InChI=1S/C21H20FN3O3/c1-14(25-20(27)15-6-2-3-7-16(15)21(25)28)19(26)24-12-10-23(11-13-24)18-9-5-4-8-17(18)22/h2-9,14H,10-13H2,1H3/t14-/m1/s1. The van der Waals surface area contributed by atoms with E-state index in [1.165, 1.54) is 6.07 Å². The Hall–Kier alpha value is -3.22. The summed E-state index contributed by atoms with van der Waals surface area (Å²) in [6.07, 6.45) is 0. The minimum absolute atomic E-state index is 0.275. The molecule has 2 aliphatic heterocycles. The first kappa shape index (κ1) is 18.2. The summed E-state index contributed by atoms with van der Waals surface area (Å²) in [5, 5.41) is 0. The average Bonchev–Trinajstić information content (AvgIpc) is 2.98. The number of nitrogens with zero attached hydrogens (tertiary/aromatic N) is 3. The molecule has 0 aromatic heterocycles. The van der Waals surface area contributed by atoms with E-state index in [9.17, 15) is 18.8 Å². The van der Waals surface area contributed by atoms with Gasteiger partial charge in [0.1, 0.15) is 11.9 Å². The van der Waals surface area contributed by atoms with Crippen molar-refractivity contribution in [3.05, 3.63) is 65.5 Å². The Kier molecular flexibility index (Phi) is 4.58. The molecule has 28 heavy (non-hydrogen) atoms. The van der Waals surface area contributed by atoms with E-state index < -0.39 is 17.9 Å². The third-order valence-electron chi connectivity index (χ3n) is 5.35. The van der Waals surface area contributed by atoms with Crippen LogP contribution in [0.1, 0.15) is 27.6 Å². The zero-order valence-electron chi connectivity index (χ0n) is 15.5. The summed E-state index contributed by atoms with van der Waals surface area (Å²) in [6, 6.07) is 12.3. The molecule has 1 fully saturated rings. The Morgan fingerprint density at radius 1 is 0.893 bits per heavy atom. The van der Waals surface area contributed by atoms with E-state index in [-0.39, 0.29) is 11.7 Å². The number of amides is 3. The molecule has 6 nitrogen and oxygen atoms in total. The number of carbonyl (C=O) groups excluding carboxylic acids is 3. The monoisotopic (exact) mass is 381 g/mol. The van der Waals surface area contributed by atoms with Gasteiger partial charge in [-0.05, 0) is 31.2 Å². The summed E-state index contributed by atoms with van der Waals surface area (Å²) in [7, 11) is 0. The Labute approximate surface area is 162 Å². The number of fused-ring (bicyclic) bond motifs is 1. The molecule has 2 aliphatic rings. The fraction of sp³-hybridized carbons (Fsp3) is 0.286. The maximum absolute atomic E-state index is 14.0. The lowest BCUT2D eigenvalue weighted by Crippen LogP contribution is -2.55. The molecule has 0 saturated carbocycles. The molecule has 0 unspecified atom stereocenters. The molecule has 0 radical (unpaired) electrons. The lowest BCUT2D eigenvalue weighted by Gasteiger charge is -2.38. The lowest BCUT2D eigenvalue weighted by molar-refractivity contribution is -0.135. The highest BCUT2D eigenvalue weighted by molar-refractivity contribution is 6.22. The largest absolute Gasteiger partial charge is 0.366 e. The molecule has 2 heterocycles. The molecule has 0 N–H and O–H groups in total. The molecule has 1 atom stereocenters. The predicted molar refractivity (Wildman–Crippen MR) is 102 cm³/mol. The van der Waals surface area contributed by atoms with Crippen LogP contribution in [0.25, 0.3) is 0 Å². The number of anilines is 1. The maximum atomic E-state index is 14.0. The van der Waals surface area contributed by atoms with E-state index in [0.717, 1.165) is 4.90 Å². The van der Waals surface area contributed by atoms with Gasteiger partial charge in [-0.3, -0.25) is 19.3 Å². The summed E-state index contributed by atoms with van der Waals surface area (Å²) in [6.45, 7) is 3.36. The minimum atomic E-state index is -0.882. The number of imide groups is 1. The third-order valence-corrected chi connectivity index (χ3v) is 5.35. The van der Waals surface area contributed by atoms with Crippen LogP contribution in [0.2, 0.25) is 0 Å². The van der Waals surface area contributed by atoms with Crippen LogP contribution in [-0.4, -0.2) is 59.7 Å². The third kappa shape index (κ3) is 2.93. The van der Waals surface area contributed by atoms with E-state index in [1.54, 1.807) is 54.3 Å². The molecule has 3 amide bonds. The predicted octanol–water partition coefficient (Wildman–Crippen LogP) is 2.16. The van der Waals surface area contributed by atoms with Crippen molar-refractivity contribution in [1.29, 1.82) is 0 Å². The van der Waals surface area contributed by atoms with Crippen molar-refractivity contribution in [3.63, 3.8) is 0 Å². The van der Waals surface area contributed by atoms with Gasteiger partial charge in [-0.25, -0.2) is 4.39 Å². The number of piperazine rings is 1. The highest BCUT2D eigenvalue weighted by atomic mass is 19.1. The Balaban J connectivity index is 1.44. The van der Waals surface area contributed by atoms with Crippen LogP contribution in [-0.2, 0) is 4.79 Å². The molecule has 2 aromatic rings. The van der Waals surface area contributed by atoms with E-state index in [2.05, 4.69) is 0 Å². The Bertz CT molecular complexity index is 918. The number of para-hydroxylation sites is 1. The topological polar surface area (TPSA) is 60.9 Å². The van der Waals surface area contributed by atoms with Crippen LogP contribution in [0.5, 0.6) is 0 Å². The molecule has 1 saturated heterocycles. The highest BCUT2D eigenvalue weighted by Crippen LogP contribution is 2.26. The zero-order valence-corrected chi connectivity index (χ0v) is 15.5. The lowest BCUT2D eigenvalue weighted by atomic mass is 10.1. The van der Waals surface area contributed by atoms with Crippen molar-refractivity contribution in [2.24, 2.45) is 0 Å². The first-order valence-electron chi connectivity index (χ1n) is 9.24. The van der Waals surface area contributed by atoms with Gasteiger partial charge in [-0.1, -0.05) is 24.3 Å². The molecule has 144 valence electrons. The molecule has 0 spiro atoms. The van der Waals surface area contributed by atoms with Gasteiger partial charge in [0.15, 0.2) is 0 Å². The molecular weight excluding hydrogens is 361 g/mol. The number of hydrogen-bond acceptors (Lipinski definition) is 4. The van der Waals surface area contributed by atoms with Crippen LogP contribution in [0.3, 0.4) is 0 Å². The van der Waals surface area contributed by atoms with Crippen molar-refractivity contribution in [3.8, 4) is 0 Å². The summed E-state index contributed by atoms with van der Waals surface area (Å²) < 4.78 is 14.0.